The van der Waals surface area contributed by atoms with E-state index in [9.17, 15) is 9.50 Å². The Hall–Kier alpha value is -1.09. The van der Waals surface area contributed by atoms with Crippen LogP contribution in [0.15, 0.2) is 18.2 Å². The van der Waals surface area contributed by atoms with Gasteiger partial charge in [-0.05, 0) is 24.1 Å². The first kappa shape index (κ1) is 10.4. The second-order valence-electron chi connectivity index (χ2n) is 4.33. The third-order valence-corrected chi connectivity index (χ3v) is 2.81. The standard InChI is InChI=1S/C12H15FO2/c1-7(2)12-6-10(14)9-5-8(13)3-4-11(9)15-12/h3-5,7,10,12,14H,6H2,1-2H3/t10-,12+/m0/s1. The molecule has 3 heteroatoms. The Labute approximate surface area is 88.7 Å². The van der Waals surface area contributed by atoms with Crippen LogP contribution in [-0.4, -0.2) is 11.2 Å². The van der Waals surface area contributed by atoms with Crippen LogP contribution in [0.25, 0.3) is 0 Å². The van der Waals surface area contributed by atoms with Crippen LogP contribution in [0.5, 0.6) is 5.75 Å². The average Bonchev–Trinajstić information content (AvgIpc) is 2.18. The number of aliphatic hydroxyl groups is 1. The highest BCUT2D eigenvalue weighted by Gasteiger charge is 2.28. The van der Waals surface area contributed by atoms with Gasteiger partial charge in [0.05, 0.1) is 6.10 Å². The van der Waals surface area contributed by atoms with Crippen LogP contribution in [0.1, 0.15) is 31.9 Å². The lowest BCUT2D eigenvalue weighted by Gasteiger charge is -2.31. The van der Waals surface area contributed by atoms with Gasteiger partial charge in [-0.2, -0.15) is 0 Å². The van der Waals surface area contributed by atoms with E-state index in [4.69, 9.17) is 4.74 Å². The van der Waals surface area contributed by atoms with Gasteiger partial charge in [0.1, 0.15) is 17.7 Å². The summed E-state index contributed by atoms with van der Waals surface area (Å²) >= 11 is 0. The number of aliphatic hydroxyl groups excluding tert-OH is 1. The van der Waals surface area contributed by atoms with Crippen LogP contribution >= 0.6 is 0 Å². The van der Waals surface area contributed by atoms with Crippen molar-refractivity contribution < 1.29 is 14.2 Å². The Morgan fingerprint density at radius 1 is 1.47 bits per heavy atom. The van der Waals surface area contributed by atoms with Gasteiger partial charge in [0.15, 0.2) is 0 Å². The molecule has 2 rings (SSSR count). The van der Waals surface area contributed by atoms with Crippen LogP contribution in [0.2, 0.25) is 0 Å². The molecule has 15 heavy (non-hydrogen) atoms. The lowest BCUT2D eigenvalue weighted by Crippen LogP contribution is -2.30. The predicted octanol–water partition coefficient (Wildman–Crippen LogP) is 2.67. The van der Waals surface area contributed by atoms with Gasteiger partial charge in [0.25, 0.3) is 0 Å². The summed E-state index contributed by atoms with van der Waals surface area (Å²) in [6.07, 6.45) is -0.0662. The number of fused-ring (bicyclic) bond motifs is 1. The number of rotatable bonds is 1. The Morgan fingerprint density at radius 3 is 2.87 bits per heavy atom. The molecule has 0 saturated heterocycles. The van der Waals surface area contributed by atoms with Gasteiger partial charge >= 0.3 is 0 Å². The summed E-state index contributed by atoms with van der Waals surface area (Å²) < 4.78 is 18.6. The number of halogens is 1. The molecule has 82 valence electrons. The highest BCUT2D eigenvalue weighted by molar-refractivity contribution is 5.37. The Balaban J connectivity index is 2.32. The first-order chi connectivity index (χ1) is 7.08. The molecule has 2 nitrogen and oxygen atoms in total. The molecule has 0 saturated carbocycles. The maximum Gasteiger partial charge on any atom is 0.125 e. The number of hydrogen-bond donors (Lipinski definition) is 1. The second kappa shape index (κ2) is 3.81. The van der Waals surface area contributed by atoms with Crippen molar-refractivity contribution >= 4 is 0 Å². The maximum atomic E-state index is 13.0. The summed E-state index contributed by atoms with van der Waals surface area (Å²) in [7, 11) is 0. The van der Waals surface area contributed by atoms with Gasteiger partial charge < -0.3 is 9.84 Å². The zero-order valence-electron chi connectivity index (χ0n) is 8.90. The van der Waals surface area contributed by atoms with E-state index >= 15 is 0 Å². The van der Waals surface area contributed by atoms with Gasteiger partial charge in [-0.3, -0.25) is 0 Å². The van der Waals surface area contributed by atoms with Gasteiger partial charge in [-0.1, -0.05) is 13.8 Å². The van der Waals surface area contributed by atoms with Crippen molar-refractivity contribution in [2.24, 2.45) is 5.92 Å². The molecule has 1 N–H and O–H groups in total. The van der Waals surface area contributed by atoms with E-state index < -0.39 is 6.10 Å². The summed E-state index contributed by atoms with van der Waals surface area (Å²) in [6, 6.07) is 4.28. The van der Waals surface area contributed by atoms with Crippen LogP contribution in [0.4, 0.5) is 4.39 Å². The molecule has 1 aromatic rings. The molecule has 0 unspecified atom stereocenters. The summed E-state index contributed by atoms with van der Waals surface area (Å²) in [5.74, 6) is 0.617. The van der Waals surface area contributed by atoms with Crippen molar-refractivity contribution in [3.05, 3.63) is 29.6 Å². The molecule has 0 aliphatic carbocycles. The van der Waals surface area contributed by atoms with Crippen molar-refractivity contribution in [2.75, 3.05) is 0 Å². The fraction of sp³-hybridized carbons (Fsp3) is 0.500. The number of ether oxygens (including phenoxy) is 1. The fourth-order valence-electron chi connectivity index (χ4n) is 1.85. The van der Waals surface area contributed by atoms with Crippen LogP contribution in [0.3, 0.4) is 0 Å². The minimum absolute atomic E-state index is 0.0120. The first-order valence-corrected chi connectivity index (χ1v) is 5.22. The lowest BCUT2D eigenvalue weighted by molar-refractivity contribution is 0.0424. The first-order valence-electron chi connectivity index (χ1n) is 5.22. The maximum absolute atomic E-state index is 13.0. The minimum Gasteiger partial charge on any atom is -0.490 e. The molecule has 0 amide bonds. The quantitative estimate of drug-likeness (QED) is 0.772. The summed E-state index contributed by atoms with van der Waals surface area (Å²) in [5, 5.41) is 9.86. The third kappa shape index (κ3) is 1.97. The minimum atomic E-state index is -0.614. The SMILES string of the molecule is CC(C)[C@H]1C[C@H](O)c2cc(F)ccc2O1. The van der Waals surface area contributed by atoms with Gasteiger partial charge in [-0.25, -0.2) is 4.39 Å². The van der Waals surface area contributed by atoms with Crippen molar-refractivity contribution in [3.8, 4) is 5.75 Å². The van der Waals surface area contributed by atoms with E-state index in [1.807, 2.05) is 13.8 Å². The van der Waals surface area contributed by atoms with E-state index in [0.29, 0.717) is 23.7 Å². The largest absolute Gasteiger partial charge is 0.490 e. The summed E-state index contributed by atoms with van der Waals surface area (Å²) in [6.45, 7) is 4.10. The molecule has 1 aromatic carbocycles. The molecule has 1 heterocycles. The predicted molar refractivity (Wildman–Crippen MR) is 55.2 cm³/mol. The third-order valence-electron chi connectivity index (χ3n) is 2.81. The van der Waals surface area contributed by atoms with E-state index in [1.54, 1.807) is 6.07 Å². The van der Waals surface area contributed by atoms with Crippen LogP contribution < -0.4 is 4.74 Å². The highest BCUT2D eigenvalue weighted by Crippen LogP contribution is 2.36. The van der Waals surface area contributed by atoms with Crippen molar-refractivity contribution in [1.29, 1.82) is 0 Å². The molecule has 0 bridgehead atoms. The monoisotopic (exact) mass is 210 g/mol. The average molecular weight is 210 g/mol. The Kier molecular flexibility index (Phi) is 2.65. The Bertz CT molecular complexity index is 363. The van der Waals surface area contributed by atoms with Crippen LogP contribution in [-0.2, 0) is 0 Å². The lowest BCUT2D eigenvalue weighted by atomic mass is 9.93. The van der Waals surface area contributed by atoms with Crippen molar-refractivity contribution in [1.82, 2.24) is 0 Å². The molecule has 0 radical (unpaired) electrons. The highest BCUT2D eigenvalue weighted by atomic mass is 19.1. The fourth-order valence-corrected chi connectivity index (χ4v) is 1.85. The topological polar surface area (TPSA) is 29.5 Å². The normalized spacial score (nSPS) is 24.9. The van der Waals surface area contributed by atoms with Crippen molar-refractivity contribution in [2.45, 2.75) is 32.5 Å². The van der Waals surface area contributed by atoms with Crippen LogP contribution in [0, 0.1) is 11.7 Å². The molecule has 0 fully saturated rings. The molecule has 1 aliphatic rings. The van der Waals surface area contributed by atoms with E-state index in [-0.39, 0.29) is 11.9 Å². The zero-order valence-corrected chi connectivity index (χ0v) is 8.90. The number of hydrogen-bond acceptors (Lipinski definition) is 2. The zero-order chi connectivity index (χ0) is 11.0. The van der Waals surface area contributed by atoms with Gasteiger partial charge in [0, 0.05) is 12.0 Å². The molecular formula is C12H15FO2. The van der Waals surface area contributed by atoms with Crippen molar-refractivity contribution in [3.63, 3.8) is 0 Å². The summed E-state index contributed by atoms with van der Waals surface area (Å²) in [5.41, 5.74) is 0.562. The summed E-state index contributed by atoms with van der Waals surface area (Å²) in [4.78, 5) is 0. The number of benzene rings is 1. The molecule has 2 atom stereocenters. The molecule has 0 spiro atoms. The smallest absolute Gasteiger partial charge is 0.125 e. The molecular weight excluding hydrogens is 195 g/mol. The van der Waals surface area contributed by atoms with Gasteiger partial charge in [0.2, 0.25) is 0 Å². The molecule has 0 aromatic heterocycles. The second-order valence-corrected chi connectivity index (χ2v) is 4.33. The van der Waals surface area contributed by atoms with E-state index in [1.165, 1.54) is 12.1 Å². The Morgan fingerprint density at radius 2 is 2.20 bits per heavy atom. The van der Waals surface area contributed by atoms with E-state index in [0.717, 1.165) is 0 Å². The molecule has 1 aliphatic heterocycles. The van der Waals surface area contributed by atoms with Gasteiger partial charge in [-0.15, -0.1) is 0 Å². The van der Waals surface area contributed by atoms with E-state index in [2.05, 4.69) is 0 Å².